The fourth-order valence-corrected chi connectivity index (χ4v) is 4.43. The number of halogens is 2. The van der Waals surface area contributed by atoms with Gasteiger partial charge in [-0.1, -0.05) is 11.6 Å². The van der Waals surface area contributed by atoms with E-state index in [0.29, 0.717) is 28.9 Å². The smallest absolute Gasteiger partial charge is 0.257 e. The number of pyridine rings is 1. The molecule has 0 unspecified atom stereocenters. The molecule has 0 bridgehead atoms. The third-order valence-corrected chi connectivity index (χ3v) is 6.66. The quantitative estimate of drug-likeness (QED) is 0.351. The third-order valence-electron chi connectivity index (χ3n) is 6.43. The van der Waals surface area contributed by atoms with Crippen LogP contribution in [0.25, 0.3) is 22.2 Å². The van der Waals surface area contributed by atoms with Gasteiger partial charge in [-0.25, -0.2) is 4.39 Å². The van der Waals surface area contributed by atoms with E-state index in [1.807, 2.05) is 24.3 Å². The van der Waals surface area contributed by atoms with Gasteiger partial charge in [-0.05, 0) is 49.5 Å². The van der Waals surface area contributed by atoms with E-state index in [4.69, 9.17) is 21.1 Å². The number of benzene rings is 2. The zero-order valence-electron chi connectivity index (χ0n) is 20.7. The maximum absolute atomic E-state index is 14.6. The van der Waals surface area contributed by atoms with Crippen LogP contribution in [0.15, 0.2) is 54.7 Å². The van der Waals surface area contributed by atoms with Crippen LogP contribution in [-0.2, 0) is 0 Å². The summed E-state index contributed by atoms with van der Waals surface area (Å²) in [6.45, 7) is 5.29. The van der Waals surface area contributed by atoms with Crippen molar-refractivity contribution in [3.05, 3.63) is 65.6 Å². The third kappa shape index (κ3) is 5.90. The molecule has 2 aromatic carbocycles. The highest BCUT2D eigenvalue weighted by Gasteiger charge is 2.17. The minimum Gasteiger partial charge on any atom is -0.497 e. The molecule has 2 aromatic heterocycles. The van der Waals surface area contributed by atoms with Crippen molar-refractivity contribution in [3.8, 4) is 22.9 Å². The van der Waals surface area contributed by atoms with Crippen molar-refractivity contribution < 1.29 is 13.9 Å². The van der Waals surface area contributed by atoms with Crippen LogP contribution in [0.5, 0.6) is 11.6 Å². The lowest BCUT2D eigenvalue weighted by Crippen LogP contribution is -2.45. The summed E-state index contributed by atoms with van der Waals surface area (Å²) in [5.41, 5.74) is 2.73. The number of fused-ring (bicyclic) bond motifs is 1. The molecule has 1 aliphatic rings. The van der Waals surface area contributed by atoms with Crippen LogP contribution in [0.2, 0.25) is 5.02 Å². The van der Waals surface area contributed by atoms with Crippen LogP contribution in [-0.4, -0.2) is 78.5 Å². The van der Waals surface area contributed by atoms with E-state index < -0.39 is 5.82 Å². The summed E-state index contributed by atoms with van der Waals surface area (Å²) in [5, 5.41) is 13.3. The fraction of sp³-hybridized carbons (Fsp3) is 0.296. The van der Waals surface area contributed by atoms with Crippen molar-refractivity contribution in [2.75, 3.05) is 58.8 Å². The van der Waals surface area contributed by atoms with Crippen LogP contribution in [0.4, 0.5) is 15.8 Å². The maximum Gasteiger partial charge on any atom is 0.257 e. The molecule has 0 spiro atoms. The Hall–Kier alpha value is -3.53. The molecular formula is C27H28ClFN6O2. The van der Waals surface area contributed by atoms with E-state index in [1.54, 1.807) is 19.4 Å². The summed E-state index contributed by atoms with van der Waals surface area (Å²) < 4.78 is 26.0. The Labute approximate surface area is 220 Å². The van der Waals surface area contributed by atoms with Crippen molar-refractivity contribution in [1.82, 2.24) is 25.0 Å². The van der Waals surface area contributed by atoms with Crippen molar-refractivity contribution in [2.24, 2.45) is 0 Å². The Balaban J connectivity index is 1.45. The minimum atomic E-state index is -0.435. The van der Waals surface area contributed by atoms with Crippen LogP contribution in [0.1, 0.15) is 0 Å². The van der Waals surface area contributed by atoms with Crippen LogP contribution < -0.4 is 14.8 Å². The summed E-state index contributed by atoms with van der Waals surface area (Å²) in [6.07, 6.45) is 1.71. The first kappa shape index (κ1) is 25.1. The molecule has 1 aliphatic heterocycles. The van der Waals surface area contributed by atoms with Crippen LogP contribution >= 0.6 is 11.6 Å². The van der Waals surface area contributed by atoms with Gasteiger partial charge >= 0.3 is 0 Å². The Morgan fingerprint density at radius 1 is 1.00 bits per heavy atom. The molecule has 5 rings (SSSR count). The van der Waals surface area contributed by atoms with Gasteiger partial charge in [0, 0.05) is 66.6 Å². The van der Waals surface area contributed by atoms with E-state index in [-0.39, 0.29) is 5.56 Å². The largest absolute Gasteiger partial charge is 0.497 e. The van der Waals surface area contributed by atoms with Gasteiger partial charge in [0.15, 0.2) is 0 Å². The predicted octanol–water partition coefficient (Wildman–Crippen LogP) is 4.86. The predicted molar refractivity (Wildman–Crippen MR) is 143 cm³/mol. The van der Waals surface area contributed by atoms with E-state index in [1.165, 1.54) is 18.2 Å². The van der Waals surface area contributed by atoms with Gasteiger partial charge in [0.25, 0.3) is 5.88 Å². The number of hydrogen-bond donors (Lipinski definition) is 1. The number of ether oxygens (including phenoxy) is 2. The van der Waals surface area contributed by atoms with Gasteiger partial charge < -0.3 is 19.7 Å². The van der Waals surface area contributed by atoms with Gasteiger partial charge in [0.1, 0.15) is 23.9 Å². The van der Waals surface area contributed by atoms with Gasteiger partial charge in [0.05, 0.1) is 18.3 Å². The molecular weight excluding hydrogens is 495 g/mol. The molecule has 10 heteroatoms. The Kier molecular flexibility index (Phi) is 7.64. The molecule has 1 fully saturated rings. The SMILES string of the molecule is COc1ccc2c(Nc3cc(-c4cc(Cl)ccc4F)nnc3OCCN3CCN(C)CC3)ccnc2c1. The summed E-state index contributed by atoms with van der Waals surface area (Å²) >= 11 is 6.13. The van der Waals surface area contributed by atoms with Crippen molar-refractivity contribution in [3.63, 3.8) is 0 Å². The standard InChI is InChI=1S/C27H28ClFN6O2/c1-34-9-11-35(12-10-34)13-14-37-27-26(17-25(32-33-27)21-15-18(28)3-6-22(21)29)31-23-7-8-30-24-16-19(36-2)4-5-20(23)24/h3-8,15-17H,9-14H2,1-2H3,(H,30,31,32). The molecule has 192 valence electrons. The number of nitrogens with one attached hydrogen (secondary N) is 1. The first-order valence-electron chi connectivity index (χ1n) is 12.1. The second-order valence-corrected chi connectivity index (χ2v) is 9.37. The lowest BCUT2D eigenvalue weighted by Gasteiger charge is -2.32. The number of nitrogens with zero attached hydrogens (tertiary/aromatic N) is 5. The molecule has 0 atom stereocenters. The Morgan fingerprint density at radius 3 is 2.65 bits per heavy atom. The monoisotopic (exact) mass is 522 g/mol. The number of rotatable bonds is 8. The molecule has 4 aromatic rings. The molecule has 1 N–H and O–H groups in total. The number of piperazine rings is 1. The molecule has 0 radical (unpaired) electrons. The lowest BCUT2D eigenvalue weighted by atomic mass is 10.1. The first-order chi connectivity index (χ1) is 18.0. The number of aromatic nitrogens is 3. The molecule has 1 saturated heterocycles. The second kappa shape index (κ2) is 11.2. The number of hydrogen-bond acceptors (Lipinski definition) is 8. The number of methoxy groups -OCH3 is 1. The Bertz CT molecular complexity index is 1400. The van der Waals surface area contributed by atoms with Crippen LogP contribution in [0.3, 0.4) is 0 Å². The second-order valence-electron chi connectivity index (χ2n) is 8.93. The minimum absolute atomic E-state index is 0.261. The normalized spacial score (nSPS) is 14.6. The highest BCUT2D eigenvalue weighted by atomic mass is 35.5. The average molecular weight is 523 g/mol. The molecule has 0 saturated carbocycles. The molecule has 8 nitrogen and oxygen atoms in total. The molecule has 3 heterocycles. The first-order valence-corrected chi connectivity index (χ1v) is 12.4. The van der Waals surface area contributed by atoms with E-state index in [2.05, 4.69) is 37.3 Å². The fourth-order valence-electron chi connectivity index (χ4n) is 4.25. The summed E-state index contributed by atoms with van der Waals surface area (Å²) in [6, 6.07) is 13.6. The number of likely N-dealkylation sites (N-methyl/N-ethyl adjacent to an activating group) is 1. The topological polar surface area (TPSA) is 75.6 Å². The summed E-state index contributed by atoms with van der Waals surface area (Å²) in [4.78, 5) is 9.13. The average Bonchev–Trinajstić information content (AvgIpc) is 2.91. The molecule has 0 amide bonds. The Morgan fingerprint density at radius 2 is 1.84 bits per heavy atom. The summed E-state index contributed by atoms with van der Waals surface area (Å²) in [5.74, 6) is 0.614. The van der Waals surface area contributed by atoms with E-state index >= 15 is 0 Å². The van der Waals surface area contributed by atoms with Gasteiger partial charge in [-0.15, -0.1) is 10.2 Å². The zero-order chi connectivity index (χ0) is 25.8. The van der Waals surface area contributed by atoms with Crippen molar-refractivity contribution >= 4 is 33.9 Å². The van der Waals surface area contributed by atoms with Crippen molar-refractivity contribution in [1.29, 1.82) is 0 Å². The molecule has 0 aliphatic carbocycles. The van der Waals surface area contributed by atoms with E-state index in [9.17, 15) is 4.39 Å². The maximum atomic E-state index is 14.6. The van der Waals surface area contributed by atoms with Crippen LogP contribution in [0, 0.1) is 5.82 Å². The van der Waals surface area contributed by atoms with Gasteiger partial charge in [-0.3, -0.25) is 9.88 Å². The van der Waals surface area contributed by atoms with Crippen molar-refractivity contribution in [2.45, 2.75) is 0 Å². The zero-order valence-corrected chi connectivity index (χ0v) is 21.5. The lowest BCUT2D eigenvalue weighted by molar-refractivity contribution is 0.132. The van der Waals surface area contributed by atoms with E-state index in [0.717, 1.165) is 55.1 Å². The van der Waals surface area contributed by atoms with Gasteiger partial charge in [-0.2, -0.15) is 0 Å². The number of anilines is 2. The highest BCUT2D eigenvalue weighted by molar-refractivity contribution is 6.30. The highest BCUT2D eigenvalue weighted by Crippen LogP contribution is 2.34. The molecule has 37 heavy (non-hydrogen) atoms. The summed E-state index contributed by atoms with van der Waals surface area (Å²) in [7, 11) is 3.75. The van der Waals surface area contributed by atoms with Gasteiger partial charge in [0.2, 0.25) is 0 Å².